The van der Waals surface area contributed by atoms with Crippen molar-refractivity contribution in [3.05, 3.63) is 100 Å². The fourth-order valence-corrected chi connectivity index (χ4v) is 6.04. The lowest BCUT2D eigenvalue weighted by Gasteiger charge is -2.51. The Balaban J connectivity index is 1.61. The van der Waals surface area contributed by atoms with Crippen LogP contribution < -0.4 is 10.1 Å². The van der Waals surface area contributed by atoms with Gasteiger partial charge in [-0.3, -0.25) is 14.8 Å². The van der Waals surface area contributed by atoms with E-state index in [1.165, 1.54) is 24.3 Å². The van der Waals surface area contributed by atoms with E-state index in [0.29, 0.717) is 0 Å². The highest BCUT2D eigenvalue weighted by atomic mass is 16.8. The third kappa shape index (κ3) is 2.09. The fraction of sp³-hybridized carbons (Fsp3) is 0.160. The number of carbonyl (C=O) groups excluding carboxylic acids is 3. The molecule has 1 N–H and O–H groups in total. The molecule has 7 heteroatoms. The van der Waals surface area contributed by atoms with Gasteiger partial charge in [0.15, 0.2) is 0 Å². The molecule has 0 aromatic heterocycles. The van der Waals surface area contributed by atoms with E-state index in [1.54, 1.807) is 0 Å². The summed E-state index contributed by atoms with van der Waals surface area (Å²) in [6.07, 6.45) is 0.815. The lowest BCUT2D eigenvalue weighted by molar-refractivity contribution is -0.128. The molecule has 32 heavy (non-hydrogen) atoms. The molecule has 2 amide bonds. The van der Waals surface area contributed by atoms with Crippen molar-refractivity contribution in [2.24, 2.45) is 11.8 Å². The molecule has 3 aromatic rings. The normalized spacial score (nSPS) is 27.1. The maximum atomic E-state index is 13.8. The molecule has 3 aliphatic carbocycles. The van der Waals surface area contributed by atoms with Crippen LogP contribution in [0.1, 0.15) is 28.2 Å². The van der Waals surface area contributed by atoms with Crippen LogP contribution in [0.25, 0.3) is 0 Å². The maximum absolute atomic E-state index is 13.8. The minimum atomic E-state index is -1.27. The smallest absolute Gasteiger partial charge is 0.239 e. The maximum Gasteiger partial charge on any atom is 0.239 e. The molecule has 0 unspecified atom stereocenters. The molecule has 0 spiro atoms. The topological polar surface area (TPSA) is 101 Å². The first-order valence-electron chi connectivity index (χ1n) is 10.3. The predicted molar refractivity (Wildman–Crippen MR) is 115 cm³/mol. The van der Waals surface area contributed by atoms with Crippen molar-refractivity contribution in [2.75, 3.05) is 10.1 Å². The van der Waals surface area contributed by atoms with Gasteiger partial charge in [-0.15, -0.1) is 0 Å². The number of nitrogens with zero attached hydrogens (tertiary/aromatic N) is 2. The molecule has 7 nitrogen and oxygen atoms in total. The third-order valence-electron chi connectivity index (χ3n) is 7.18. The van der Waals surface area contributed by atoms with E-state index in [1.807, 2.05) is 48.5 Å². The van der Waals surface area contributed by atoms with Gasteiger partial charge in [0, 0.05) is 5.92 Å². The highest BCUT2D eigenvalue weighted by Crippen LogP contribution is 2.63. The molecule has 0 saturated carbocycles. The standard InChI is InChI=1S/C25H17N2O5/c28-13-25-18-10-3-1-8-16(18)20(17-9-2-4-11-19(17)25)21-22(25)24(30)26(23(21)29)14-6-5-7-15(12-14)27(31)32/h1-13,20-22,31H/q-1/t20?,21-,22-,25?/m1/s1. The van der Waals surface area contributed by atoms with Crippen molar-refractivity contribution in [1.29, 1.82) is 0 Å². The van der Waals surface area contributed by atoms with Crippen LogP contribution in [-0.4, -0.2) is 23.3 Å². The zero-order valence-corrected chi connectivity index (χ0v) is 16.7. The summed E-state index contributed by atoms with van der Waals surface area (Å²) in [5.74, 6) is -2.86. The number of hydrogen-bond acceptors (Lipinski definition) is 6. The molecule has 158 valence electrons. The number of benzene rings is 3. The van der Waals surface area contributed by atoms with E-state index in [-0.39, 0.29) is 22.5 Å². The summed E-state index contributed by atoms with van der Waals surface area (Å²) in [7, 11) is 0. The number of anilines is 2. The number of aldehydes is 1. The molecule has 1 saturated heterocycles. The van der Waals surface area contributed by atoms with Crippen molar-refractivity contribution < 1.29 is 19.6 Å². The van der Waals surface area contributed by atoms with E-state index in [2.05, 4.69) is 0 Å². The minimum Gasteiger partial charge on any atom is -0.733 e. The van der Waals surface area contributed by atoms with Crippen molar-refractivity contribution in [1.82, 2.24) is 0 Å². The van der Waals surface area contributed by atoms with Crippen molar-refractivity contribution in [3.8, 4) is 0 Å². The van der Waals surface area contributed by atoms with Gasteiger partial charge < -0.3 is 15.2 Å². The van der Waals surface area contributed by atoms with Gasteiger partial charge in [-0.1, -0.05) is 54.6 Å². The van der Waals surface area contributed by atoms with Gasteiger partial charge in [0.2, 0.25) is 11.8 Å². The molecule has 4 aliphatic rings. The largest absolute Gasteiger partial charge is 0.733 e. The average Bonchev–Trinajstić information content (AvgIpc) is 3.10. The van der Waals surface area contributed by atoms with E-state index in [4.69, 9.17) is 0 Å². The highest BCUT2D eigenvalue weighted by Gasteiger charge is 2.68. The zero-order valence-electron chi connectivity index (χ0n) is 16.7. The van der Waals surface area contributed by atoms with Crippen LogP contribution in [-0.2, 0) is 19.8 Å². The van der Waals surface area contributed by atoms with E-state index < -0.39 is 29.1 Å². The minimum absolute atomic E-state index is 0.0994. The summed E-state index contributed by atoms with van der Waals surface area (Å²) in [5.41, 5.74) is 2.12. The van der Waals surface area contributed by atoms with Crippen molar-refractivity contribution in [3.63, 3.8) is 0 Å². The Hall–Kier alpha value is -3.81. The molecular formula is C25H17N2O5-. The van der Waals surface area contributed by atoms with Crippen LogP contribution in [0.2, 0.25) is 0 Å². The molecule has 7 rings (SSSR count). The zero-order chi connectivity index (χ0) is 22.2. The lowest BCUT2D eigenvalue weighted by Crippen LogP contribution is -2.54. The summed E-state index contributed by atoms with van der Waals surface area (Å²) >= 11 is 0. The molecule has 3 aromatic carbocycles. The number of imide groups is 1. The number of rotatable bonds is 3. The van der Waals surface area contributed by atoms with Crippen LogP contribution >= 0.6 is 0 Å². The van der Waals surface area contributed by atoms with Gasteiger partial charge in [-0.25, -0.2) is 4.90 Å². The first kappa shape index (κ1) is 18.9. The third-order valence-corrected chi connectivity index (χ3v) is 7.18. The number of carbonyl (C=O) groups is 3. The molecule has 1 aliphatic heterocycles. The molecule has 2 bridgehead atoms. The Kier molecular flexibility index (Phi) is 3.75. The van der Waals surface area contributed by atoms with Gasteiger partial charge in [-0.2, -0.15) is 0 Å². The van der Waals surface area contributed by atoms with Gasteiger partial charge in [-0.05, 0) is 40.5 Å². The second kappa shape index (κ2) is 6.35. The van der Waals surface area contributed by atoms with E-state index >= 15 is 0 Å². The summed E-state index contributed by atoms with van der Waals surface area (Å²) in [5, 5.41) is 20.3. The Bertz CT molecular complexity index is 1270. The first-order chi connectivity index (χ1) is 15.5. The second-order valence-corrected chi connectivity index (χ2v) is 8.45. The van der Waals surface area contributed by atoms with Crippen LogP contribution in [0.15, 0.2) is 72.8 Å². The van der Waals surface area contributed by atoms with Crippen LogP contribution in [0, 0.1) is 17.0 Å². The Morgan fingerprint density at radius 2 is 1.53 bits per heavy atom. The lowest BCUT2D eigenvalue weighted by atomic mass is 9.48. The summed E-state index contributed by atoms with van der Waals surface area (Å²) in [4.78, 5) is 41.5. The molecule has 2 atom stereocenters. The Morgan fingerprint density at radius 3 is 2.12 bits per heavy atom. The van der Waals surface area contributed by atoms with Crippen LogP contribution in [0.3, 0.4) is 0 Å². The van der Waals surface area contributed by atoms with Gasteiger partial charge in [0.05, 0.1) is 28.6 Å². The average molecular weight is 425 g/mol. The van der Waals surface area contributed by atoms with Crippen molar-refractivity contribution in [2.45, 2.75) is 11.3 Å². The van der Waals surface area contributed by atoms with Crippen LogP contribution in [0.5, 0.6) is 0 Å². The first-order valence-corrected chi connectivity index (χ1v) is 10.3. The Labute approximate surface area is 183 Å². The monoisotopic (exact) mass is 425 g/mol. The second-order valence-electron chi connectivity index (χ2n) is 8.45. The number of amides is 2. The SMILES string of the molecule is O=CC12c3ccccc3C(c3ccccc31)[C@H]1C(=O)N(c3cccc(N([O-])O)c3)C(=O)[C@@H]12. The molecule has 0 radical (unpaired) electrons. The predicted octanol–water partition coefficient (Wildman–Crippen LogP) is 3.13. The summed E-state index contributed by atoms with van der Waals surface area (Å²) in [6.45, 7) is 0. The van der Waals surface area contributed by atoms with Gasteiger partial charge in [0.25, 0.3) is 0 Å². The van der Waals surface area contributed by atoms with Crippen LogP contribution in [0.4, 0.5) is 11.4 Å². The van der Waals surface area contributed by atoms with E-state index in [0.717, 1.165) is 33.4 Å². The number of hydrogen-bond donors (Lipinski definition) is 1. The summed E-state index contributed by atoms with van der Waals surface area (Å²) < 4.78 is 0. The molecular weight excluding hydrogens is 408 g/mol. The Morgan fingerprint density at radius 1 is 0.906 bits per heavy atom. The molecule has 1 fully saturated rings. The van der Waals surface area contributed by atoms with Gasteiger partial charge in [0.1, 0.15) is 6.29 Å². The molecule has 1 heterocycles. The fourth-order valence-electron chi connectivity index (χ4n) is 6.04. The highest BCUT2D eigenvalue weighted by molar-refractivity contribution is 6.25. The van der Waals surface area contributed by atoms with Gasteiger partial charge >= 0.3 is 0 Å². The quantitative estimate of drug-likeness (QED) is 0.393. The summed E-state index contributed by atoms with van der Waals surface area (Å²) in [6, 6.07) is 20.7. The van der Waals surface area contributed by atoms with Crippen molar-refractivity contribution >= 4 is 29.5 Å². The van der Waals surface area contributed by atoms with E-state index in [9.17, 15) is 24.8 Å².